The number of carbonyl (C=O) groups is 1. The summed E-state index contributed by atoms with van der Waals surface area (Å²) in [7, 11) is -1.95. The van der Waals surface area contributed by atoms with E-state index in [1.165, 1.54) is 16.4 Å². The van der Waals surface area contributed by atoms with Crippen molar-refractivity contribution >= 4 is 27.5 Å². The second-order valence-corrected chi connectivity index (χ2v) is 9.26. The molecule has 2 aromatic carbocycles. The van der Waals surface area contributed by atoms with E-state index in [0.717, 1.165) is 17.7 Å². The van der Waals surface area contributed by atoms with Crippen LogP contribution in [0.3, 0.4) is 0 Å². The van der Waals surface area contributed by atoms with Gasteiger partial charge in [0.1, 0.15) is 5.82 Å². The molecular weight excluding hydrogens is 403 g/mol. The number of hydrogen-bond donors (Lipinski definition) is 0. The molecule has 1 amide bonds. The molecule has 0 atom stereocenters. The van der Waals surface area contributed by atoms with E-state index in [9.17, 15) is 17.6 Å². The molecule has 1 fully saturated rings. The minimum absolute atomic E-state index is 0.0150. The quantitative estimate of drug-likeness (QED) is 0.737. The maximum absolute atomic E-state index is 13.1. The van der Waals surface area contributed by atoms with E-state index in [1.54, 1.807) is 18.0 Å². The molecule has 0 N–H and O–H groups in total. The third-order valence-corrected chi connectivity index (χ3v) is 7.28. The van der Waals surface area contributed by atoms with E-state index < -0.39 is 15.8 Å². The molecule has 0 bridgehead atoms. The van der Waals surface area contributed by atoms with Crippen LogP contribution in [0.25, 0.3) is 0 Å². The molecule has 2 aromatic rings. The lowest BCUT2D eigenvalue weighted by atomic mass is 9.96. The van der Waals surface area contributed by atoms with Gasteiger partial charge in [-0.05, 0) is 48.7 Å². The highest BCUT2D eigenvalue weighted by molar-refractivity contribution is 7.89. The minimum atomic E-state index is -3.68. The van der Waals surface area contributed by atoms with Crippen LogP contribution in [0, 0.1) is 11.7 Å². The summed E-state index contributed by atoms with van der Waals surface area (Å²) in [6.07, 6.45) is 0.901. The Balaban J connectivity index is 1.60. The summed E-state index contributed by atoms with van der Waals surface area (Å²) in [4.78, 5) is 14.5. The molecule has 0 saturated carbocycles. The van der Waals surface area contributed by atoms with Crippen LogP contribution in [0.4, 0.5) is 4.39 Å². The zero-order chi connectivity index (χ0) is 20.3. The molecule has 0 spiro atoms. The number of rotatable bonds is 5. The van der Waals surface area contributed by atoms with Crippen molar-refractivity contribution < 1.29 is 17.6 Å². The van der Waals surface area contributed by atoms with Gasteiger partial charge in [-0.25, -0.2) is 12.8 Å². The van der Waals surface area contributed by atoms with Crippen LogP contribution in [0.5, 0.6) is 0 Å². The molecule has 150 valence electrons. The SMILES string of the molecule is CN(Cc1ccccc1Cl)C(=O)C1CCN(S(=O)(=O)c2ccc(F)cc2)CC1. The van der Waals surface area contributed by atoms with Gasteiger partial charge >= 0.3 is 0 Å². The Morgan fingerprint density at radius 2 is 1.75 bits per heavy atom. The highest BCUT2D eigenvalue weighted by Gasteiger charge is 2.33. The Morgan fingerprint density at radius 1 is 1.14 bits per heavy atom. The predicted molar refractivity (Wildman–Crippen MR) is 106 cm³/mol. The van der Waals surface area contributed by atoms with Crippen molar-refractivity contribution in [3.05, 3.63) is 64.9 Å². The molecule has 1 saturated heterocycles. The number of nitrogens with zero attached hydrogens (tertiary/aromatic N) is 2. The number of carbonyl (C=O) groups excluding carboxylic acids is 1. The Kier molecular flexibility index (Phi) is 6.37. The summed E-state index contributed by atoms with van der Waals surface area (Å²) in [5, 5.41) is 0.613. The normalized spacial score (nSPS) is 16.1. The first-order valence-electron chi connectivity index (χ1n) is 9.03. The summed E-state index contributed by atoms with van der Waals surface area (Å²) < 4.78 is 39.8. The maximum atomic E-state index is 13.1. The van der Waals surface area contributed by atoms with Crippen LogP contribution in [0.2, 0.25) is 5.02 Å². The first kappa shape index (κ1) is 20.8. The molecule has 8 heteroatoms. The van der Waals surface area contributed by atoms with E-state index in [1.807, 2.05) is 18.2 Å². The van der Waals surface area contributed by atoms with Gasteiger partial charge in [-0.1, -0.05) is 29.8 Å². The van der Waals surface area contributed by atoms with Gasteiger partial charge < -0.3 is 4.90 Å². The zero-order valence-corrected chi connectivity index (χ0v) is 17.1. The number of amides is 1. The van der Waals surface area contributed by atoms with E-state index in [-0.39, 0.29) is 29.8 Å². The lowest BCUT2D eigenvalue weighted by Gasteiger charge is -2.32. The first-order valence-corrected chi connectivity index (χ1v) is 10.8. The molecule has 1 aliphatic heterocycles. The summed E-state index contributed by atoms with van der Waals surface area (Å²) in [5.41, 5.74) is 0.872. The molecule has 3 rings (SSSR count). The Labute approximate surface area is 169 Å². The Bertz CT molecular complexity index is 942. The Hall–Kier alpha value is -1.96. The zero-order valence-electron chi connectivity index (χ0n) is 15.5. The number of hydrogen-bond acceptors (Lipinski definition) is 3. The molecule has 0 unspecified atom stereocenters. The van der Waals surface area contributed by atoms with E-state index >= 15 is 0 Å². The van der Waals surface area contributed by atoms with Crippen molar-refractivity contribution in [3.8, 4) is 0 Å². The third-order valence-electron chi connectivity index (χ3n) is 5.00. The van der Waals surface area contributed by atoms with Crippen LogP contribution in [0.1, 0.15) is 18.4 Å². The van der Waals surface area contributed by atoms with Crippen molar-refractivity contribution in [1.29, 1.82) is 0 Å². The van der Waals surface area contributed by atoms with Gasteiger partial charge in [0.25, 0.3) is 0 Å². The standard InChI is InChI=1S/C20H22ClFN2O3S/c1-23(14-16-4-2-3-5-19(16)21)20(25)15-10-12-24(13-11-15)28(26,27)18-8-6-17(22)7-9-18/h2-9,15H,10-14H2,1H3. The van der Waals surface area contributed by atoms with Gasteiger partial charge in [-0.15, -0.1) is 0 Å². The molecule has 5 nitrogen and oxygen atoms in total. The topological polar surface area (TPSA) is 57.7 Å². The molecule has 0 aromatic heterocycles. The smallest absolute Gasteiger partial charge is 0.243 e. The molecular formula is C20H22ClFN2O3S. The van der Waals surface area contributed by atoms with Gasteiger partial charge in [-0.2, -0.15) is 4.31 Å². The number of piperidine rings is 1. The minimum Gasteiger partial charge on any atom is -0.341 e. The van der Waals surface area contributed by atoms with Gasteiger partial charge in [0.15, 0.2) is 0 Å². The number of halogens is 2. The third kappa shape index (κ3) is 4.54. The fraction of sp³-hybridized carbons (Fsp3) is 0.350. The fourth-order valence-corrected chi connectivity index (χ4v) is 5.04. The average Bonchev–Trinajstić information content (AvgIpc) is 2.69. The van der Waals surface area contributed by atoms with Crippen molar-refractivity contribution in [3.63, 3.8) is 0 Å². The number of sulfonamides is 1. The van der Waals surface area contributed by atoms with Gasteiger partial charge in [0.2, 0.25) is 15.9 Å². The second kappa shape index (κ2) is 8.59. The van der Waals surface area contributed by atoms with Crippen LogP contribution in [0.15, 0.2) is 53.4 Å². The monoisotopic (exact) mass is 424 g/mol. The summed E-state index contributed by atoms with van der Waals surface area (Å²) in [5.74, 6) is -0.726. The molecule has 1 heterocycles. The largest absolute Gasteiger partial charge is 0.341 e. The van der Waals surface area contributed by atoms with Gasteiger partial charge in [-0.3, -0.25) is 4.79 Å². The molecule has 0 radical (unpaired) electrons. The maximum Gasteiger partial charge on any atom is 0.243 e. The van der Waals surface area contributed by atoms with Crippen molar-refractivity contribution in [1.82, 2.24) is 9.21 Å². The van der Waals surface area contributed by atoms with E-state index in [0.29, 0.717) is 24.4 Å². The Morgan fingerprint density at radius 3 is 2.36 bits per heavy atom. The van der Waals surface area contributed by atoms with E-state index in [4.69, 9.17) is 11.6 Å². The molecule has 0 aliphatic carbocycles. The first-order chi connectivity index (χ1) is 13.3. The van der Waals surface area contributed by atoms with Crippen molar-refractivity contribution in [2.24, 2.45) is 5.92 Å². The van der Waals surface area contributed by atoms with Crippen LogP contribution >= 0.6 is 11.6 Å². The summed E-state index contributed by atoms with van der Waals surface area (Å²) >= 11 is 6.16. The van der Waals surface area contributed by atoms with Crippen LogP contribution in [-0.4, -0.2) is 43.7 Å². The fourth-order valence-electron chi connectivity index (χ4n) is 3.37. The van der Waals surface area contributed by atoms with Gasteiger partial charge in [0.05, 0.1) is 4.90 Å². The molecule has 28 heavy (non-hydrogen) atoms. The van der Waals surface area contributed by atoms with Crippen molar-refractivity contribution in [2.45, 2.75) is 24.3 Å². The predicted octanol–water partition coefficient (Wildman–Crippen LogP) is 3.54. The van der Waals surface area contributed by atoms with E-state index in [2.05, 4.69) is 0 Å². The average molecular weight is 425 g/mol. The summed E-state index contributed by atoms with van der Waals surface area (Å²) in [6.45, 7) is 0.929. The van der Waals surface area contributed by atoms with Crippen LogP contribution in [-0.2, 0) is 21.4 Å². The van der Waals surface area contributed by atoms with Crippen LogP contribution < -0.4 is 0 Å². The summed E-state index contributed by atoms with van der Waals surface area (Å²) in [6, 6.07) is 12.2. The highest BCUT2D eigenvalue weighted by Crippen LogP contribution is 2.26. The lowest BCUT2D eigenvalue weighted by Crippen LogP contribution is -2.43. The lowest BCUT2D eigenvalue weighted by molar-refractivity contribution is -0.135. The second-order valence-electron chi connectivity index (χ2n) is 6.92. The van der Waals surface area contributed by atoms with Crippen molar-refractivity contribution in [2.75, 3.05) is 20.1 Å². The molecule has 1 aliphatic rings. The van der Waals surface area contributed by atoms with Gasteiger partial charge in [0, 0.05) is 37.6 Å². The highest BCUT2D eigenvalue weighted by atomic mass is 35.5. The number of benzene rings is 2.